The zero-order chi connectivity index (χ0) is 9.14. The van der Waals surface area contributed by atoms with Crippen molar-refractivity contribution in [3.63, 3.8) is 0 Å². The Morgan fingerprint density at radius 3 is 2.83 bits per heavy atom. The Morgan fingerprint density at radius 2 is 2.42 bits per heavy atom. The summed E-state index contributed by atoms with van der Waals surface area (Å²) in [6.45, 7) is 2.67. The first-order valence-corrected chi connectivity index (χ1v) is 4.26. The number of thiazole rings is 1. The van der Waals surface area contributed by atoms with E-state index in [0.717, 1.165) is 6.54 Å². The monoisotopic (exact) mass is 186 g/mol. The molecule has 12 heavy (non-hydrogen) atoms. The van der Waals surface area contributed by atoms with E-state index >= 15 is 0 Å². The van der Waals surface area contributed by atoms with Crippen LogP contribution in [0.1, 0.15) is 17.4 Å². The van der Waals surface area contributed by atoms with Crippen LogP contribution in [0.15, 0.2) is 0 Å². The first kappa shape index (κ1) is 8.79. The number of anilines is 2. The largest absolute Gasteiger partial charge is 0.389 e. The van der Waals surface area contributed by atoms with Gasteiger partial charge in [0.2, 0.25) is 0 Å². The van der Waals surface area contributed by atoms with Gasteiger partial charge in [0.25, 0.3) is 5.91 Å². The van der Waals surface area contributed by atoms with Crippen LogP contribution in [0.4, 0.5) is 10.1 Å². The Bertz CT molecular complexity index is 296. The molecule has 0 aliphatic rings. The molecule has 0 unspecified atom stereocenters. The van der Waals surface area contributed by atoms with E-state index in [1.165, 1.54) is 11.3 Å². The van der Waals surface area contributed by atoms with Crippen LogP contribution in [-0.2, 0) is 0 Å². The Kier molecular flexibility index (Phi) is 2.49. The normalized spacial score (nSPS) is 9.75. The third-order valence-corrected chi connectivity index (χ3v) is 2.06. The van der Waals surface area contributed by atoms with E-state index in [9.17, 15) is 4.79 Å². The molecule has 0 aromatic carbocycles. The lowest BCUT2D eigenvalue weighted by Gasteiger charge is -1.92. The summed E-state index contributed by atoms with van der Waals surface area (Å²) in [5, 5.41) is 3.93. The maximum absolute atomic E-state index is 10.7. The minimum Gasteiger partial charge on any atom is -0.389 e. The van der Waals surface area contributed by atoms with Crippen LogP contribution in [0.5, 0.6) is 0 Å². The van der Waals surface area contributed by atoms with E-state index in [1.54, 1.807) is 0 Å². The minimum absolute atomic E-state index is 0.149. The zero-order valence-electron chi connectivity index (χ0n) is 6.63. The maximum Gasteiger partial charge on any atom is 0.270 e. The predicted molar refractivity (Wildman–Crippen MR) is 49.2 cm³/mol. The number of aromatic nitrogens is 1. The molecule has 0 aliphatic carbocycles. The number of hydrogen-bond acceptors (Lipinski definition) is 5. The molecule has 0 radical (unpaired) electrons. The van der Waals surface area contributed by atoms with Crippen molar-refractivity contribution in [3.8, 4) is 0 Å². The van der Waals surface area contributed by atoms with Crippen LogP contribution in [0.25, 0.3) is 0 Å². The SMILES string of the molecule is CCNc1nc(C(N)=O)c(N)s1. The van der Waals surface area contributed by atoms with E-state index in [1.807, 2.05) is 6.92 Å². The highest BCUT2D eigenvalue weighted by Gasteiger charge is 2.11. The van der Waals surface area contributed by atoms with Crippen molar-refractivity contribution in [1.82, 2.24) is 4.98 Å². The van der Waals surface area contributed by atoms with E-state index in [-0.39, 0.29) is 5.69 Å². The molecule has 0 saturated carbocycles. The van der Waals surface area contributed by atoms with Gasteiger partial charge in [0.15, 0.2) is 10.8 Å². The number of nitrogens with zero attached hydrogens (tertiary/aromatic N) is 1. The second kappa shape index (κ2) is 3.40. The molecule has 6 heteroatoms. The summed E-state index contributed by atoms with van der Waals surface area (Å²) in [4.78, 5) is 14.6. The topological polar surface area (TPSA) is 94.0 Å². The first-order valence-electron chi connectivity index (χ1n) is 3.45. The lowest BCUT2D eigenvalue weighted by molar-refractivity contribution is 0.0997. The van der Waals surface area contributed by atoms with Gasteiger partial charge in [-0.25, -0.2) is 4.98 Å². The fourth-order valence-corrected chi connectivity index (χ4v) is 1.54. The molecule has 5 nitrogen and oxygen atoms in total. The lowest BCUT2D eigenvalue weighted by Crippen LogP contribution is -2.13. The van der Waals surface area contributed by atoms with Crippen molar-refractivity contribution in [2.24, 2.45) is 5.73 Å². The van der Waals surface area contributed by atoms with Gasteiger partial charge in [-0.1, -0.05) is 11.3 Å². The summed E-state index contributed by atoms with van der Waals surface area (Å²) in [6, 6.07) is 0. The van der Waals surface area contributed by atoms with Gasteiger partial charge < -0.3 is 16.8 Å². The van der Waals surface area contributed by atoms with Gasteiger partial charge in [-0.15, -0.1) is 0 Å². The van der Waals surface area contributed by atoms with Crippen LogP contribution in [0, 0.1) is 0 Å². The molecule has 0 saturated heterocycles. The van der Waals surface area contributed by atoms with Crippen molar-refractivity contribution in [2.75, 3.05) is 17.6 Å². The number of amides is 1. The molecule has 1 heterocycles. The van der Waals surface area contributed by atoms with Gasteiger partial charge >= 0.3 is 0 Å². The maximum atomic E-state index is 10.7. The molecule has 1 rings (SSSR count). The Labute approximate surface area is 73.8 Å². The van der Waals surface area contributed by atoms with Gasteiger partial charge in [0.05, 0.1) is 0 Å². The van der Waals surface area contributed by atoms with Crippen molar-refractivity contribution < 1.29 is 4.79 Å². The average Bonchev–Trinajstić information content (AvgIpc) is 2.32. The lowest BCUT2D eigenvalue weighted by atomic mass is 10.4. The summed E-state index contributed by atoms with van der Waals surface area (Å²) in [5.41, 5.74) is 10.7. The van der Waals surface area contributed by atoms with Crippen molar-refractivity contribution in [3.05, 3.63) is 5.69 Å². The fourth-order valence-electron chi connectivity index (χ4n) is 0.735. The average molecular weight is 186 g/mol. The smallest absolute Gasteiger partial charge is 0.270 e. The number of carbonyl (C=O) groups excluding carboxylic acids is 1. The van der Waals surface area contributed by atoms with Gasteiger partial charge in [0, 0.05) is 6.54 Å². The Balaban J connectivity index is 2.92. The summed E-state index contributed by atoms with van der Waals surface area (Å²) in [7, 11) is 0. The van der Waals surface area contributed by atoms with E-state index < -0.39 is 5.91 Å². The zero-order valence-corrected chi connectivity index (χ0v) is 7.44. The van der Waals surface area contributed by atoms with Crippen molar-refractivity contribution >= 4 is 27.4 Å². The number of nitrogens with two attached hydrogens (primary N) is 2. The number of nitrogens with one attached hydrogen (secondary N) is 1. The predicted octanol–water partition coefficient (Wildman–Crippen LogP) is 0.256. The van der Waals surface area contributed by atoms with Crippen molar-refractivity contribution in [2.45, 2.75) is 6.92 Å². The second-order valence-electron chi connectivity index (χ2n) is 2.13. The van der Waals surface area contributed by atoms with E-state index in [2.05, 4.69) is 10.3 Å². The molecular formula is C6H10N4OS. The molecular weight excluding hydrogens is 176 g/mol. The third kappa shape index (κ3) is 1.65. The number of carbonyl (C=O) groups is 1. The number of rotatable bonds is 3. The van der Waals surface area contributed by atoms with Crippen LogP contribution in [0.2, 0.25) is 0 Å². The fraction of sp³-hybridized carbons (Fsp3) is 0.333. The molecule has 0 spiro atoms. The number of nitrogen functional groups attached to an aromatic ring is 1. The molecule has 0 bridgehead atoms. The Morgan fingerprint density at radius 1 is 1.75 bits per heavy atom. The summed E-state index contributed by atoms with van der Waals surface area (Å²) in [6.07, 6.45) is 0. The molecule has 1 aromatic rings. The Hall–Kier alpha value is -1.30. The highest BCUT2D eigenvalue weighted by atomic mass is 32.1. The highest BCUT2D eigenvalue weighted by molar-refractivity contribution is 7.19. The molecule has 66 valence electrons. The molecule has 0 fully saturated rings. The summed E-state index contributed by atoms with van der Waals surface area (Å²) >= 11 is 1.22. The molecule has 1 aromatic heterocycles. The molecule has 0 atom stereocenters. The van der Waals surface area contributed by atoms with E-state index in [4.69, 9.17) is 11.5 Å². The first-order chi connectivity index (χ1) is 5.65. The highest BCUT2D eigenvalue weighted by Crippen LogP contribution is 2.24. The molecule has 1 amide bonds. The van der Waals surface area contributed by atoms with E-state index in [0.29, 0.717) is 10.1 Å². The standard InChI is InChI=1S/C6H10N4OS/c1-2-9-6-10-3(4(7)11)5(8)12-6/h2,8H2,1H3,(H2,7,11)(H,9,10). The van der Waals surface area contributed by atoms with Crippen LogP contribution in [-0.4, -0.2) is 17.4 Å². The molecule has 5 N–H and O–H groups in total. The third-order valence-electron chi connectivity index (χ3n) is 1.21. The summed E-state index contributed by atoms with van der Waals surface area (Å²) in [5.74, 6) is -0.590. The quantitative estimate of drug-likeness (QED) is 0.631. The summed E-state index contributed by atoms with van der Waals surface area (Å²) < 4.78 is 0. The van der Waals surface area contributed by atoms with Gasteiger partial charge in [0.1, 0.15) is 5.00 Å². The van der Waals surface area contributed by atoms with Crippen LogP contribution in [0.3, 0.4) is 0 Å². The van der Waals surface area contributed by atoms with Gasteiger partial charge in [-0.05, 0) is 6.92 Å². The second-order valence-corrected chi connectivity index (χ2v) is 3.16. The number of hydrogen-bond donors (Lipinski definition) is 3. The van der Waals surface area contributed by atoms with Gasteiger partial charge in [-0.3, -0.25) is 4.79 Å². The van der Waals surface area contributed by atoms with Crippen LogP contribution >= 0.6 is 11.3 Å². The van der Waals surface area contributed by atoms with Crippen molar-refractivity contribution in [1.29, 1.82) is 0 Å². The minimum atomic E-state index is -0.590. The number of primary amides is 1. The molecule has 0 aliphatic heterocycles. The van der Waals surface area contributed by atoms with Gasteiger partial charge in [-0.2, -0.15) is 0 Å². The van der Waals surface area contributed by atoms with Crippen LogP contribution < -0.4 is 16.8 Å².